The average molecular weight is 237 g/mol. The highest BCUT2D eigenvalue weighted by Crippen LogP contribution is 2.17. The van der Waals surface area contributed by atoms with E-state index in [-0.39, 0.29) is 0 Å². The molecule has 3 N–H and O–H groups in total. The number of ether oxygens (including phenoxy) is 1. The van der Waals surface area contributed by atoms with Gasteiger partial charge >= 0.3 is 0 Å². The average Bonchev–Trinajstić information content (AvgIpc) is 2.39. The first kappa shape index (κ1) is 12.4. The van der Waals surface area contributed by atoms with Crippen LogP contribution < -0.4 is 11.1 Å². The maximum atomic E-state index is 5.89. The molecule has 0 bridgehead atoms. The van der Waals surface area contributed by atoms with Crippen LogP contribution in [-0.4, -0.2) is 31.8 Å². The van der Waals surface area contributed by atoms with E-state index in [2.05, 4.69) is 16.4 Å². The van der Waals surface area contributed by atoms with Gasteiger partial charge in [-0.3, -0.25) is 0 Å². The number of guanidine groups is 1. The van der Waals surface area contributed by atoms with Gasteiger partial charge < -0.3 is 15.8 Å². The highest BCUT2D eigenvalue weighted by Gasteiger charge is 2.13. The molecule has 1 saturated carbocycles. The predicted molar refractivity (Wildman–Crippen MR) is 70.0 cm³/mol. The molecule has 0 saturated heterocycles. The standard InChI is InChI=1S/C13H23N3O/c14-13(16-12-6-2-1-3-7-12)15-9-11-5-4-8-17-10-11/h5,12H,1-4,6-10H2,(H3,14,15,16). The van der Waals surface area contributed by atoms with Crippen LogP contribution >= 0.6 is 0 Å². The van der Waals surface area contributed by atoms with Crippen LogP contribution in [0.2, 0.25) is 0 Å². The molecule has 0 aromatic rings. The van der Waals surface area contributed by atoms with Crippen molar-refractivity contribution >= 4 is 5.96 Å². The van der Waals surface area contributed by atoms with Crippen molar-refractivity contribution in [3.05, 3.63) is 11.6 Å². The highest BCUT2D eigenvalue weighted by atomic mass is 16.5. The third-order valence-electron chi connectivity index (χ3n) is 3.39. The van der Waals surface area contributed by atoms with Crippen molar-refractivity contribution in [2.45, 2.75) is 44.6 Å². The molecule has 0 radical (unpaired) electrons. The molecule has 4 heteroatoms. The van der Waals surface area contributed by atoms with Crippen LogP contribution in [-0.2, 0) is 4.74 Å². The molecule has 0 unspecified atom stereocenters. The smallest absolute Gasteiger partial charge is 0.189 e. The van der Waals surface area contributed by atoms with Gasteiger partial charge in [0.2, 0.25) is 0 Å². The van der Waals surface area contributed by atoms with E-state index in [0.29, 0.717) is 25.2 Å². The van der Waals surface area contributed by atoms with Crippen molar-refractivity contribution in [2.75, 3.05) is 19.8 Å². The molecule has 96 valence electrons. The van der Waals surface area contributed by atoms with E-state index in [0.717, 1.165) is 13.0 Å². The molecule has 0 atom stereocenters. The van der Waals surface area contributed by atoms with Gasteiger partial charge in [0, 0.05) is 6.04 Å². The summed E-state index contributed by atoms with van der Waals surface area (Å²) in [6.07, 6.45) is 9.64. The molecule has 4 nitrogen and oxygen atoms in total. The van der Waals surface area contributed by atoms with Crippen molar-refractivity contribution < 1.29 is 4.74 Å². The van der Waals surface area contributed by atoms with Crippen molar-refractivity contribution in [3.63, 3.8) is 0 Å². The summed E-state index contributed by atoms with van der Waals surface area (Å²) in [7, 11) is 0. The number of nitrogens with one attached hydrogen (secondary N) is 1. The monoisotopic (exact) mass is 237 g/mol. The number of rotatable bonds is 3. The summed E-state index contributed by atoms with van der Waals surface area (Å²) in [6.45, 7) is 2.22. The van der Waals surface area contributed by atoms with Gasteiger partial charge in [0.1, 0.15) is 0 Å². The second kappa shape index (κ2) is 6.64. The van der Waals surface area contributed by atoms with Crippen LogP contribution in [0.15, 0.2) is 16.6 Å². The Labute approximate surface area is 103 Å². The number of aliphatic imine (C=N–C) groups is 1. The highest BCUT2D eigenvalue weighted by molar-refractivity contribution is 5.78. The molecule has 0 aromatic carbocycles. The van der Waals surface area contributed by atoms with Crippen molar-refractivity contribution in [2.24, 2.45) is 10.7 Å². The molecule has 2 rings (SSSR count). The van der Waals surface area contributed by atoms with E-state index in [1.54, 1.807) is 0 Å². The third kappa shape index (κ3) is 4.38. The molecule has 1 heterocycles. The summed E-state index contributed by atoms with van der Waals surface area (Å²) in [5.41, 5.74) is 7.13. The lowest BCUT2D eigenvalue weighted by atomic mass is 9.96. The molecule has 1 aliphatic heterocycles. The van der Waals surface area contributed by atoms with Gasteiger partial charge in [-0.25, -0.2) is 4.99 Å². The van der Waals surface area contributed by atoms with Gasteiger partial charge in [0.05, 0.1) is 19.8 Å². The van der Waals surface area contributed by atoms with Crippen LogP contribution in [0.5, 0.6) is 0 Å². The molecular formula is C13H23N3O. The van der Waals surface area contributed by atoms with Crippen molar-refractivity contribution in [1.29, 1.82) is 0 Å². The van der Waals surface area contributed by atoms with E-state index >= 15 is 0 Å². The normalized spacial score (nSPS) is 23.3. The molecule has 1 aliphatic carbocycles. The molecule has 0 aromatic heterocycles. The van der Waals surface area contributed by atoms with Crippen molar-refractivity contribution in [3.8, 4) is 0 Å². The molecule has 0 amide bonds. The fourth-order valence-electron chi connectivity index (χ4n) is 2.41. The van der Waals surface area contributed by atoms with Gasteiger partial charge in [0.25, 0.3) is 0 Å². The van der Waals surface area contributed by atoms with E-state index < -0.39 is 0 Å². The lowest BCUT2D eigenvalue weighted by molar-refractivity contribution is 0.150. The number of nitrogens with two attached hydrogens (primary N) is 1. The minimum atomic E-state index is 0.532. The largest absolute Gasteiger partial charge is 0.377 e. The number of nitrogens with zero attached hydrogens (tertiary/aromatic N) is 1. The summed E-state index contributed by atoms with van der Waals surface area (Å²) in [5, 5.41) is 3.32. The minimum absolute atomic E-state index is 0.532. The van der Waals surface area contributed by atoms with Gasteiger partial charge in [-0.05, 0) is 24.8 Å². The van der Waals surface area contributed by atoms with Gasteiger partial charge in [-0.1, -0.05) is 25.3 Å². The van der Waals surface area contributed by atoms with Crippen LogP contribution in [0.3, 0.4) is 0 Å². The van der Waals surface area contributed by atoms with E-state index in [1.165, 1.54) is 37.7 Å². The fourth-order valence-corrected chi connectivity index (χ4v) is 2.41. The lowest BCUT2D eigenvalue weighted by Gasteiger charge is -2.23. The zero-order valence-corrected chi connectivity index (χ0v) is 10.5. The van der Waals surface area contributed by atoms with Gasteiger partial charge in [-0.15, -0.1) is 0 Å². The summed E-state index contributed by atoms with van der Waals surface area (Å²) >= 11 is 0. The van der Waals surface area contributed by atoms with E-state index in [1.807, 2.05) is 0 Å². The summed E-state index contributed by atoms with van der Waals surface area (Å²) in [6, 6.07) is 0.532. The Hall–Kier alpha value is -1.03. The summed E-state index contributed by atoms with van der Waals surface area (Å²) in [5.74, 6) is 0.586. The Balaban J connectivity index is 1.74. The lowest BCUT2D eigenvalue weighted by Crippen LogP contribution is -2.41. The molecular weight excluding hydrogens is 214 g/mol. The Morgan fingerprint density at radius 3 is 2.94 bits per heavy atom. The second-order valence-electron chi connectivity index (χ2n) is 4.88. The zero-order valence-electron chi connectivity index (χ0n) is 10.5. The molecule has 2 aliphatic rings. The summed E-state index contributed by atoms with van der Waals surface area (Å²) < 4.78 is 5.37. The molecule has 1 fully saturated rings. The SMILES string of the molecule is NC(=NCC1=CCCOC1)NC1CCCCC1. The number of hydrogen-bond acceptors (Lipinski definition) is 2. The predicted octanol–water partition coefficient (Wildman–Crippen LogP) is 1.57. The molecule has 17 heavy (non-hydrogen) atoms. The Kier molecular flexibility index (Phi) is 4.86. The van der Waals surface area contributed by atoms with Crippen LogP contribution in [0.1, 0.15) is 38.5 Å². The topological polar surface area (TPSA) is 59.6 Å². The Morgan fingerprint density at radius 1 is 1.41 bits per heavy atom. The van der Waals surface area contributed by atoms with Crippen LogP contribution in [0.4, 0.5) is 0 Å². The van der Waals surface area contributed by atoms with Crippen LogP contribution in [0, 0.1) is 0 Å². The minimum Gasteiger partial charge on any atom is -0.377 e. The maximum absolute atomic E-state index is 5.89. The third-order valence-corrected chi connectivity index (χ3v) is 3.39. The van der Waals surface area contributed by atoms with E-state index in [4.69, 9.17) is 10.5 Å². The second-order valence-corrected chi connectivity index (χ2v) is 4.88. The Bertz CT molecular complexity index is 293. The maximum Gasteiger partial charge on any atom is 0.189 e. The zero-order chi connectivity index (χ0) is 11.9. The first-order chi connectivity index (χ1) is 8.34. The Morgan fingerprint density at radius 2 is 2.24 bits per heavy atom. The van der Waals surface area contributed by atoms with E-state index in [9.17, 15) is 0 Å². The van der Waals surface area contributed by atoms with Crippen LogP contribution in [0.25, 0.3) is 0 Å². The fraction of sp³-hybridized carbons (Fsp3) is 0.769. The quantitative estimate of drug-likeness (QED) is 0.445. The number of hydrogen-bond donors (Lipinski definition) is 2. The van der Waals surface area contributed by atoms with Gasteiger partial charge in [0.15, 0.2) is 5.96 Å². The summed E-state index contributed by atoms with van der Waals surface area (Å²) in [4.78, 5) is 4.38. The van der Waals surface area contributed by atoms with Gasteiger partial charge in [-0.2, -0.15) is 0 Å². The van der Waals surface area contributed by atoms with Crippen molar-refractivity contribution in [1.82, 2.24) is 5.32 Å². The first-order valence-electron chi connectivity index (χ1n) is 6.67. The molecule has 0 spiro atoms. The first-order valence-corrected chi connectivity index (χ1v) is 6.67.